The molecule has 2 aromatic carbocycles. The zero-order valence-electron chi connectivity index (χ0n) is 25.0. The zero-order chi connectivity index (χ0) is 35.4. The van der Waals surface area contributed by atoms with Gasteiger partial charge in [0.05, 0.1) is 32.5 Å². The molecule has 0 unspecified atom stereocenters. The van der Waals surface area contributed by atoms with Gasteiger partial charge in [-0.1, -0.05) is 70.7 Å². The number of Topliss-reactive ketones (excluding diaryl/α,β-unsaturated/α-hetero) is 1. The van der Waals surface area contributed by atoms with Gasteiger partial charge in [-0.25, -0.2) is 13.2 Å². The number of rotatable bonds is 13. The summed E-state index contributed by atoms with van der Waals surface area (Å²) in [6, 6.07) is 6.47. The third-order valence-corrected chi connectivity index (χ3v) is 10.5. The van der Waals surface area contributed by atoms with Crippen LogP contribution in [-0.4, -0.2) is 65.0 Å². The minimum absolute atomic E-state index is 0.0116. The molecule has 252 valence electrons. The molecule has 0 bridgehead atoms. The van der Waals surface area contributed by atoms with Crippen LogP contribution in [0.15, 0.2) is 85.1 Å². The molecule has 0 saturated carbocycles. The highest BCUT2D eigenvalue weighted by molar-refractivity contribution is 7.89. The van der Waals surface area contributed by atoms with Crippen molar-refractivity contribution in [3.63, 3.8) is 0 Å². The molecule has 3 aromatic rings. The molecule has 1 aliphatic heterocycles. The lowest BCUT2D eigenvalue weighted by Gasteiger charge is -2.34. The number of benzene rings is 2. The van der Waals surface area contributed by atoms with E-state index in [9.17, 15) is 32.7 Å². The number of pyridine rings is 1. The lowest BCUT2D eigenvalue weighted by molar-refractivity contribution is -0.143. The first-order chi connectivity index (χ1) is 22.6. The summed E-state index contributed by atoms with van der Waals surface area (Å²) in [5, 5.41) is 15.3. The van der Waals surface area contributed by atoms with E-state index in [4.69, 9.17) is 46.4 Å². The van der Waals surface area contributed by atoms with Crippen LogP contribution in [-0.2, 0) is 30.8 Å². The number of hydrogen-bond acceptors (Lipinski definition) is 7. The number of carbonyl (C=O) groups excluding carboxylic acids is 3. The molecule has 1 saturated heterocycles. The van der Waals surface area contributed by atoms with E-state index in [1.54, 1.807) is 0 Å². The van der Waals surface area contributed by atoms with Gasteiger partial charge in [-0.2, -0.15) is 4.31 Å². The molecule has 2 atom stereocenters. The van der Waals surface area contributed by atoms with Crippen molar-refractivity contribution >= 4 is 85.7 Å². The molecule has 3 N–H and O–H groups in total. The Bertz CT molecular complexity index is 1850. The van der Waals surface area contributed by atoms with Gasteiger partial charge in [0.2, 0.25) is 15.9 Å². The summed E-state index contributed by atoms with van der Waals surface area (Å²) < 4.78 is 28.5. The number of aromatic nitrogens is 1. The van der Waals surface area contributed by atoms with E-state index in [1.807, 2.05) is 0 Å². The molecular weight excluding hydrogens is 726 g/mol. The highest BCUT2D eigenvalue weighted by Gasteiger charge is 2.59. The van der Waals surface area contributed by atoms with Gasteiger partial charge in [0.25, 0.3) is 5.91 Å². The van der Waals surface area contributed by atoms with Crippen LogP contribution in [0.25, 0.3) is 0 Å². The second kappa shape index (κ2) is 15.2. The van der Waals surface area contributed by atoms with Gasteiger partial charge in [0.1, 0.15) is 12.1 Å². The Balaban J connectivity index is 1.62. The van der Waals surface area contributed by atoms with Gasteiger partial charge >= 0.3 is 5.97 Å². The quantitative estimate of drug-likeness (QED) is 0.184. The second-order valence-corrected chi connectivity index (χ2v) is 14.4. The van der Waals surface area contributed by atoms with Gasteiger partial charge in [0.15, 0.2) is 5.78 Å². The molecule has 11 nitrogen and oxygen atoms in total. The van der Waals surface area contributed by atoms with Crippen molar-refractivity contribution in [2.45, 2.75) is 36.2 Å². The fourth-order valence-electron chi connectivity index (χ4n) is 5.52. The van der Waals surface area contributed by atoms with E-state index >= 15 is 0 Å². The normalized spacial score (nSPS) is 16.6. The largest absolute Gasteiger partial charge is 0.480 e. The summed E-state index contributed by atoms with van der Waals surface area (Å²) in [6.45, 7) is 6.70. The van der Waals surface area contributed by atoms with Crippen LogP contribution in [0, 0.1) is 5.41 Å². The predicted molar refractivity (Wildman–Crippen MR) is 183 cm³/mol. The molecule has 1 fully saturated rings. The van der Waals surface area contributed by atoms with Crippen LogP contribution in [0.4, 0.5) is 5.69 Å². The minimum Gasteiger partial charge on any atom is -0.480 e. The number of carbonyl (C=O) groups is 4. The first kappa shape index (κ1) is 37.0. The van der Waals surface area contributed by atoms with E-state index in [-0.39, 0.29) is 49.8 Å². The van der Waals surface area contributed by atoms with Crippen molar-refractivity contribution in [1.29, 1.82) is 0 Å². The molecular formula is C32H28Cl4N4O7S. The number of halogens is 4. The van der Waals surface area contributed by atoms with E-state index in [0.29, 0.717) is 11.3 Å². The maximum absolute atomic E-state index is 14.0. The fraction of sp³-hybridized carbons (Fsp3) is 0.219. The monoisotopic (exact) mass is 752 g/mol. The molecule has 4 rings (SSSR count). The number of nitrogens with one attached hydrogen (secondary N) is 2. The average molecular weight is 754 g/mol. The number of amides is 2. The zero-order valence-corrected chi connectivity index (χ0v) is 28.8. The Morgan fingerprint density at radius 1 is 1.00 bits per heavy atom. The Kier molecular flexibility index (Phi) is 11.7. The molecule has 2 amide bonds. The number of ketones is 1. The fourth-order valence-corrected chi connectivity index (χ4v) is 8.40. The SMILES string of the molecule is C=CCC1(CC=C)C(=O)CN(S(=O)(=O)c2cc(Cl)cc(Cl)c2)[C@@H]1C(=O)N[C@@H](Cc1ccc(NC(=O)c2c(Cl)cncc2Cl)cc1)C(=O)O. The topological polar surface area (TPSA) is 163 Å². The van der Waals surface area contributed by atoms with Crippen LogP contribution < -0.4 is 10.6 Å². The standard InChI is InChI=1S/C32H28Cl4N4O7S/c1-3-9-32(10-4-2)26(41)17-40(48(46,47)22-13-19(33)12-20(34)14-22)28(32)30(43)39-25(31(44)45)11-18-5-7-21(8-6-18)38-29(42)27-23(35)15-37-16-24(27)36/h3-8,12-16,25,28H,1-2,9-11,17H2,(H,38,42)(H,39,43)(H,44,45)/t25-,28+/m0/s1. The van der Waals surface area contributed by atoms with Gasteiger partial charge in [-0.05, 0) is 48.7 Å². The lowest BCUT2D eigenvalue weighted by atomic mass is 9.73. The number of nitrogens with zero attached hydrogens (tertiary/aromatic N) is 2. The molecule has 0 radical (unpaired) electrons. The van der Waals surface area contributed by atoms with Crippen molar-refractivity contribution in [2.24, 2.45) is 5.41 Å². The first-order valence-electron chi connectivity index (χ1n) is 14.1. The van der Waals surface area contributed by atoms with Gasteiger partial charge in [-0.3, -0.25) is 19.4 Å². The molecule has 2 heterocycles. The van der Waals surface area contributed by atoms with Gasteiger partial charge in [0, 0.05) is 34.5 Å². The maximum atomic E-state index is 14.0. The molecule has 0 spiro atoms. The number of carboxylic acid groups (broad SMARTS) is 1. The van der Waals surface area contributed by atoms with Crippen molar-refractivity contribution in [3.05, 3.63) is 111 Å². The third kappa shape index (κ3) is 7.75. The average Bonchev–Trinajstić information content (AvgIpc) is 3.29. The van der Waals surface area contributed by atoms with E-state index in [0.717, 1.165) is 16.4 Å². The number of aliphatic carboxylic acids is 1. The van der Waals surface area contributed by atoms with Crippen molar-refractivity contribution in [2.75, 3.05) is 11.9 Å². The second-order valence-electron chi connectivity index (χ2n) is 10.9. The Labute approximate surface area is 296 Å². The Hall–Kier alpha value is -3.78. The molecule has 48 heavy (non-hydrogen) atoms. The van der Waals surface area contributed by atoms with Crippen LogP contribution >= 0.6 is 46.4 Å². The molecule has 16 heteroatoms. The minimum atomic E-state index is -4.56. The number of sulfonamides is 1. The highest BCUT2D eigenvalue weighted by atomic mass is 35.5. The third-order valence-electron chi connectivity index (χ3n) is 7.72. The van der Waals surface area contributed by atoms with Crippen LogP contribution in [0.1, 0.15) is 28.8 Å². The Morgan fingerprint density at radius 2 is 1.56 bits per heavy atom. The molecule has 0 aliphatic carbocycles. The van der Waals surface area contributed by atoms with Gasteiger partial charge in [-0.15, -0.1) is 13.2 Å². The number of hydrogen-bond donors (Lipinski definition) is 3. The number of allylic oxidation sites excluding steroid dienone is 2. The summed E-state index contributed by atoms with van der Waals surface area (Å²) >= 11 is 24.2. The molecule has 1 aliphatic rings. The van der Waals surface area contributed by atoms with Crippen molar-refractivity contribution < 1.29 is 32.7 Å². The summed E-state index contributed by atoms with van der Waals surface area (Å²) in [7, 11) is -4.56. The summed E-state index contributed by atoms with van der Waals surface area (Å²) in [5.74, 6) is -3.59. The lowest BCUT2D eigenvalue weighted by Crippen LogP contribution is -2.56. The smallest absolute Gasteiger partial charge is 0.326 e. The summed E-state index contributed by atoms with van der Waals surface area (Å²) in [6.07, 6.45) is 4.89. The predicted octanol–water partition coefficient (Wildman–Crippen LogP) is 5.84. The first-order valence-corrected chi connectivity index (χ1v) is 17.0. The Morgan fingerprint density at radius 3 is 2.08 bits per heavy atom. The maximum Gasteiger partial charge on any atom is 0.326 e. The van der Waals surface area contributed by atoms with E-state index in [2.05, 4.69) is 28.8 Å². The van der Waals surface area contributed by atoms with E-state index in [1.165, 1.54) is 54.9 Å². The van der Waals surface area contributed by atoms with Crippen LogP contribution in [0.3, 0.4) is 0 Å². The van der Waals surface area contributed by atoms with Crippen LogP contribution in [0.5, 0.6) is 0 Å². The molecule has 1 aromatic heterocycles. The summed E-state index contributed by atoms with van der Waals surface area (Å²) in [5.41, 5.74) is -0.805. The van der Waals surface area contributed by atoms with Crippen LogP contribution in [0.2, 0.25) is 20.1 Å². The number of carboxylic acids is 1. The summed E-state index contributed by atoms with van der Waals surface area (Å²) in [4.78, 5) is 56.1. The number of anilines is 1. The van der Waals surface area contributed by atoms with Crippen molar-refractivity contribution in [3.8, 4) is 0 Å². The van der Waals surface area contributed by atoms with E-state index < -0.39 is 57.6 Å². The highest BCUT2D eigenvalue weighted by Crippen LogP contribution is 2.44. The van der Waals surface area contributed by atoms with Crippen molar-refractivity contribution in [1.82, 2.24) is 14.6 Å². The van der Waals surface area contributed by atoms with Gasteiger partial charge < -0.3 is 15.7 Å².